The molecule has 2 atom stereocenters. The van der Waals surface area contributed by atoms with Crippen LogP contribution in [0.1, 0.15) is 44.7 Å². The van der Waals surface area contributed by atoms with Crippen LogP contribution < -0.4 is 20.1 Å². The lowest BCUT2D eigenvalue weighted by atomic mass is 10.0. The molecule has 136 valence electrons. The largest absolute Gasteiger partial charge is 0.493 e. The van der Waals surface area contributed by atoms with E-state index in [9.17, 15) is 4.79 Å². The van der Waals surface area contributed by atoms with Gasteiger partial charge in [-0.15, -0.1) is 12.4 Å². The summed E-state index contributed by atoms with van der Waals surface area (Å²) >= 11 is 0. The van der Waals surface area contributed by atoms with E-state index in [1.54, 1.807) is 7.11 Å². The maximum absolute atomic E-state index is 12.2. The maximum atomic E-state index is 12.2. The Morgan fingerprint density at radius 1 is 1.42 bits per heavy atom. The molecule has 1 fully saturated rings. The predicted molar refractivity (Wildman–Crippen MR) is 98.2 cm³/mol. The monoisotopic (exact) mass is 356 g/mol. The second-order valence-electron chi connectivity index (χ2n) is 6.03. The van der Waals surface area contributed by atoms with E-state index in [4.69, 9.17) is 9.47 Å². The first kappa shape index (κ1) is 20.6. The molecular formula is C18H29ClN2O3. The van der Waals surface area contributed by atoms with Gasteiger partial charge in [0.25, 0.3) is 0 Å². The Balaban J connectivity index is 0.00000288. The van der Waals surface area contributed by atoms with Crippen LogP contribution in [-0.4, -0.2) is 32.7 Å². The minimum atomic E-state index is -0.0540. The van der Waals surface area contributed by atoms with Gasteiger partial charge in [0.15, 0.2) is 11.5 Å². The number of carbonyl (C=O) groups excluding carboxylic acids is 1. The molecule has 1 saturated heterocycles. The molecule has 0 spiro atoms. The van der Waals surface area contributed by atoms with Gasteiger partial charge in [-0.2, -0.15) is 0 Å². The van der Waals surface area contributed by atoms with Crippen LogP contribution in [0.15, 0.2) is 18.2 Å². The number of rotatable bonds is 8. The van der Waals surface area contributed by atoms with Crippen LogP contribution in [0.5, 0.6) is 11.5 Å². The summed E-state index contributed by atoms with van der Waals surface area (Å²) in [5, 5.41) is 6.30. The van der Waals surface area contributed by atoms with E-state index in [0.717, 1.165) is 43.7 Å². The van der Waals surface area contributed by atoms with Crippen molar-refractivity contribution in [2.24, 2.45) is 5.92 Å². The number of carbonyl (C=O) groups is 1. The predicted octanol–water partition coefficient (Wildman–Crippen LogP) is 3.08. The zero-order chi connectivity index (χ0) is 16.7. The van der Waals surface area contributed by atoms with E-state index in [1.807, 2.05) is 25.1 Å². The molecule has 24 heavy (non-hydrogen) atoms. The average molecular weight is 357 g/mol. The molecule has 0 aromatic heterocycles. The van der Waals surface area contributed by atoms with E-state index in [0.29, 0.717) is 12.4 Å². The fourth-order valence-electron chi connectivity index (χ4n) is 2.69. The highest BCUT2D eigenvalue weighted by Gasteiger charge is 2.24. The summed E-state index contributed by atoms with van der Waals surface area (Å²) in [7, 11) is 1.64. The number of amides is 1. The van der Waals surface area contributed by atoms with Crippen molar-refractivity contribution in [3.63, 3.8) is 0 Å². The Morgan fingerprint density at radius 3 is 2.83 bits per heavy atom. The first-order valence-electron chi connectivity index (χ1n) is 8.47. The zero-order valence-corrected chi connectivity index (χ0v) is 15.6. The Labute approximate surface area is 150 Å². The summed E-state index contributed by atoms with van der Waals surface area (Å²) in [6.07, 6.45) is 3.03. The second-order valence-corrected chi connectivity index (χ2v) is 6.03. The van der Waals surface area contributed by atoms with Crippen molar-refractivity contribution in [3.05, 3.63) is 23.8 Å². The molecule has 2 N–H and O–H groups in total. The third-order valence-electron chi connectivity index (χ3n) is 4.23. The molecule has 6 heteroatoms. The summed E-state index contributed by atoms with van der Waals surface area (Å²) in [6.45, 7) is 6.50. The van der Waals surface area contributed by atoms with Gasteiger partial charge in [-0.25, -0.2) is 0 Å². The minimum Gasteiger partial charge on any atom is -0.493 e. The van der Waals surface area contributed by atoms with Crippen LogP contribution in [0.3, 0.4) is 0 Å². The molecule has 2 unspecified atom stereocenters. The number of hydrogen-bond acceptors (Lipinski definition) is 4. The quantitative estimate of drug-likeness (QED) is 0.703. The smallest absolute Gasteiger partial charge is 0.224 e. The van der Waals surface area contributed by atoms with Crippen LogP contribution in [0, 0.1) is 5.92 Å². The summed E-state index contributed by atoms with van der Waals surface area (Å²) in [4.78, 5) is 12.2. The van der Waals surface area contributed by atoms with Gasteiger partial charge >= 0.3 is 0 Å². The Kier molecular flexibility index (Phi) is 8.93. The van der Waals surface area contributed by atoms with Gasteiger partial charge in [-0.05, 0) is 44.0 Å². The molecule has 1 aromatic rings. The number of hydrogen-bond donors (Lipinski definition) is 2. The molecule has 0 aliphatic carbocycles. The van der Waals surface area contributed by atoms with Crippen LogP contribution >= 0.6 is 12.4 Å². The van der Waals surface area contributed by atoms with Crippen LogP contribution in [0.2, 0.25) is 0 Å². The SMILES string of the molecule is CCCCOc1ccc(C(C)NC(=O)C2CCNC2)cc1OC.Cl. The number of unbranched alkanes of at least 4 members (excludes halogenated alkanes) is 1. The normalized spacial score (nSPS) is 17.7. The highest BCUT2D eigenvalue weighted by atomic mass is 35.5. The first-order valence-corrected chi connectivity index (χ1v) is 8.47. The topological polar surface area (TPSA) is 59.6 Å². The number of halogens is 1. The third kappa shape index (κ3) is 5.56. The summed E-state index contributed by atoms with van der Waals surface area (Å²) < 4.78 is 11.2. The van der Waals surface area contributed by atoms with E-state index >= 15 is 0 Å². The maximum Gasteiger partial charge on any atom is 0.224 e. The number of ether oxygens (including phenoxy) is 2. The van der Waals surface area contributed by atoms with Crippen molar-refractivity contribution in [3.8, 4) is 11.5 Å². The van der Waals surface area contributed by atoms with E-state index < -0.39 is 0 Å². The molecule has 1 heterocycles. The Bertz CT molecular complexity index is 519. The van der Waals surface area contributed by atoms with Gasteiger partial charge in [-0.3, -0.25) is 4.79 Å². The van der Waals surface area contributed by atoms with Gasteiger partial charge in [0.2, 0.25) is 5.91 Å². The van der Waals surface area contributed by atoms with Crippen LogP contribution in [0.4, 0.5) is 0 Å². The number of benzene rings is 1. The molecule has 1 aliphatic rings. The summed E-state index contributed by atoms with van der Waals surface area (Å²) in [5.74, 6) is 1.66. The number of methoxy groups -OCH3 is 1. The number of nitrogens with one attached hydrogen (secondary N) is 2. The lowest BCUT2D eigenvalue weighted by Crippen LogP contribution is -2.33. The second kappa shape index (κ2) is 10.4. The Morgan fingerprint density at radius 2 is 2.21 bits per heavy atom. The lowest BCUT2D eigenvalue weighted by molar-refractivity contribution is -0.125. The van der Waals surface area contributed by atoms with Crippen molar-refractivity contribution < 1.29 is 14.3 Å². The molecule has 1 aliphatic heterocycles. The molecule has 0 radical (unpaired) electrons. The zero-order valence-electron chi connectivity index (χ0n) is 14.8. The molecule has 1 aromatic carbocycles. The van der Waals surface area contributed by atoms with E-state index in [-0.39, 0.29) is 30.3 Å². The first-order chi connectivity index (χ1) is 11.2. The van der Waals surface area contributed by atoms with Crippen molar-refractivity contribution in [1.29, 1.82) is 0 Å². The minimum absolute atomic E-state index is 0. The fraction of sp³-hybridized carbons (Fsp3) is 0.611. The standard InChI is InChI=1S/C18H28N2O3.ClH/c1-4-5-10-23-16-7-6-14(11-17(16)22-3)13(2)20-18(21)15-8-9-19-12-15;/h6-7,11,13,15,19H,4-5,8-10,12H2,1-3H3,(H,20,21);1H. The van der Waals surface area contributed by atoms with Gasteiger partial charge in [0.1, 0.15) is 0 Å². The van der Waals surface area contributed by atoms with E-state index in [1.165, 1.54) is 0 Å². The molecular weight excluding hydrogens is 328 g/mol. The van der Waals surface area contributed by atoms with Crippen LogP contribution in [0.25, 0.3) is 0 Å². The van der Waals surface area contributed by atoms with Gasteiger partial charge in [-0.1, -0.05) is 19.4 Å². The molecule has 5 nitrogen and oxygen atoms in total. The summed E-state index contributed by atoms with van der Waals surface area (Å²) in [5.41, 5.74) is 1.02. The lowest BCUT2D eigenvalue weighted by Gasteiger charge is -2.19. The van der Waals surface area contributed by atoms with Crippen molar-refractivity contribution >= 4 is 18.3 Å². The third-order valence-corrected chi connectivity index (χ3v) is 4.23. The summed E-state index contributed by atoms with van der Waals surface area (Å²) in [6, 6.07) is 5.80. The van der Waals surface area contributed by atoms with Crippen molar-refractivity contribution in [2.45, 2.75) is 39.2 Å². The van der Waals surface area contributed by atoms with Crippen molar-refractivity contribution in [1.82, 2.24) is 10.6 Å². The van der Waals surface area contributed by atoms with Crippen molar-refractivity contribution in [2.75, 3.05) is 26.8 Å². The molecule has 2 rings (SSSR count). The van der Waals surface area contributed by atoms with Crippen LogP contribution in [-0.2, 0) is 4.79 Å². The molecule has 1 amide bonds. The highest BCUT2D eigenvalue weighted by Crippen LogP contribution is 2.30. The fourth-order valence-corrected chi connectivity index (χ4v) is 2.69. The average Bonchev–Trinajstić information content (AvgIpc) is 3.09. The highest BCUT2D eigenvalue weighted by molar-refractivity contribution is 5.85. The molecule has 0 saturated carbocycles. The van der Waals surface area contributed by atoms with Gasteiger partial charge in [0.05, 0.1) is 25.7 Å². The van der Waals surface area contributed by atoms with Gasteiger partial charge in [0, 0.05) is 6.54 Å². The Hall–Kier alpha value is -1.46. The molecule has 0 bridgehead atoms. The van der Waals surface area contributed by atoms with E-state index in [2.05, 4.69) is 17.6 Å². The van der Waals surface area contributed by atoms with Gasteiger partial charge < -0.3 is 20.1 Å².